The summed E-state index contributed by atoms with van der Waals surface area (Å²) in [6.45, 7) is -0.250. The Morgan fingerprint density at radius 3 is 1.43 bits per heavy atom. The predicted molar refractivity (Wildman–Crippen MR) is 225 cm³/mol. The number of anilines is 2. The number of hydrogen-bond acceptors (Lipinski definition) is 11. The summed E-state index contributed by atoms with van der Waals surface area (Å²) >= 11 is 28.5. The highest BCUT2D eigenvalue weighted by molar-refractivity contribution is 7.93. The molecule has 0 saturated carbocycles. The fraction of sp³-hybridized carbons (Fsp3) is 0.0541. The molecule has 0 aliphatic rings. The van der Waals surface area contributed by atoms with Crippen LogP contribution in [-0.2, 0) is 37.2 Å². The number of aromatic nitrogens is 4. The van der Waals surface area contributed by atoms with Crippen LogP contribution in [-0.4, -0.2) is 59.9 Å². The molecule has 28 heteroatoms. The number of alkyl halides is 6. The summed E-state index contributed by atoms with van der Waals surface area (Å²) in [5.41, 5.74) is -4.78. The quantitative estimate of drug-likeness (QED) is 0.0435. The number of rotatable bonds is 10. The number of carbonyl (C=O) groups is 3. The van der Waals surface area contributed by atoms with Gasteiger partial charge in [-0.1, -0.05) is 58.0 Å². The molecule has 0 unspecified atom stereocenters. The van der Waals surface area contributed by atoms with Crippen molar-refractivity contribution in [1.29, 1.82) is 0 Å². The van der Waals surface area contributed by atoms with Crippen LogP contribution in [0.25, 0.3) is 0 Å². The van der Waals surface area contributed by atoms with E-state index in [-0.39, 0.29) is 49.9 Å². The van der Waals surface area contributed by atoms with Crippen molar-refractivity contribution in [3.63, 3.8) is 0 Å². The highest BCUT2D eigenvalue weighted by Gasteiger charge is 2.36. The van der Waals surface area contributed by atoms with E-state index < -0.39 is 86.2 Å². The van der Waals surface area contributed by atoms with Crippen LogP contribution in [0.1, 0.15) is 43.2 Å². The van der Waals surface area contributed by atoms with Gasteiger partial charge >= 0.3 is 12.4 Å². The van der Waals surface area contributed by atoms with Crippen LogP contribution in [0, 0.1) is 0 Å². The summed E-state index contributed by atoms with van der Waals surface area (Å²) in [6, 6.07) is 11.1. The zero-order valence-corrected chi connectivity index (χ0v) is 36.8. The molecule has 2 aromatic carbocycles. The SMILES string of the molecule is O=C(c1cc[nH]c(=O)c1)c1ncc(Cl)cc1NS(=O)(=O)c1ccc(Cl)c(C(F)(F)F)c1.O=C(c1ccnc(Cl)c1)c1ncc(Cl)cc1NS(=O)(=O)c1ccc(Cl)c(C(F)(F)F)c1.O=CO. The molecule has 65 heavy (non-hydrogen) atoms. The Balaban J connectivity index is 0.000000268. The first-order valence-corrected chi connectivity index (χ1v) is 21.6. The number of halogens is 11. The largest absolute Gasteiger partial charge is 0.483 e. The van der Waals surface area contributed by atoms with Gasteiger partial charge in [0, 0.05) is 42.0 Å². The highest BCUT2D eigenvalue weighted by atomic mass is 35.5. The third-order valence-corrected chi connectivity index (χ3v) is 11.8. The lowest BCUT2D eigenvalue weighted by Gasteiger charge is -2.14. The fourth-order valence-corrected chi connectivity index (χ4v) is 8.09. The first kappa shape index (κ1) is 51.8. The second-order valence-corrected chi connectivity index (χ2v) is 17.6. The Kier molecular flexibility index (Phi) is 16.7. The van der Waals surface area contributed by atoms with Crippen molar-refractivity contribution in [2.45, 2.75) is 22.1 Å². The van der Waals surface area contributed by atoms with Gasteiger partial charge in [-0.05, 0) is 66.7 Å². The number of pyridine rings is 4. The van der Waals surface area contributed by atoms with Crippen molar-refractivity contribution in [3.8, 4) is 0 Å². The molecule has 6 aromatic rings. The van der Waals surface area contributed by atoms with E-state index in [0.717, 1.165) is 54.9 Å². The minimum atomic E-state index is -4.89. The zero-order valence-electron chi connectivity index (χ0n) is 31.3. The van der Waals surface area contributed by atoms with Gasteiger partial charge in [0.2, 0.25) is 17.1 Å². The molecule has 0 aliphatic heterocycles. The van der Waals surface area contributed by atoms with E-state index in [1.54, 1.807) is 0 Å². The molecular weight excluding hydrogens is 1030 g/mol. The molecule has 0 aliphatic carbocycles. The number of carbonyl (C=O) groups excluding carboxylic acids is 2. The van der Waals surface area contributed by atoms with E-state index in [9.17, 15) is 57.6 Å². The minimum absolute atomic E-state index is 0.0165. The fourth-order valence-electron chi connectivity index (χ4n) is 4.98. The van der Waals surface area contributed by atoms with Crippen molar-refractivity contribution in [2.75, 3.05) is 9.44 Å². The summed E-state index contributed by atoms with van der Waals surface area (Å²) < 4.78 is 134. The number of nitrogens with one attached hydrogen (secondary N) is 3. The Labute approximate surface area is 386 Å². The number of sulfonamides is 2. The Bertz CT molecular complexity index is 3090. The van der Waals surface area contributed by atoms with E-state index >= 15 is 0 Å². The van der Waals surface area contributed by atoms with E-state index in [1.165, 1.54) is 30.6 Å². The molecule has 4 heterocycles. The maximum absolute atomic E-state index is 13.1. The monoisotopic (exact) mass is 1050 g/mol. The van der Waals surface area contributed by atoms with Gasteiger partial charge < -0.3 is 10.1 Å². The van der Waals surface area contributed by atoms with Gasteiger partial charge in [0.05, 0.1) is 52.4 Å². The van der Waals surface area contributed by atoms with Gasteiger partial charge in [0.25, 0.3) is 26.5 Å². The minimum Gasteiger partial charge on any atom is -0.483 e. The summed E-state index contributed by atoms with van der Waals surface area (Å²) in [6.07, 6.45) is -5.10. The maximum atomic E-state index is 13.1. The van der Waals surface area contributed by atoms with Crippen molar-refractivity contribution in [1.82, 2.24) is 19.9 Å². The molecule has 4 aromatic heterocycles. The average molecular weight is 1050 g/mol. The van der Waals surface area contributed by atoms with Crippen molar-refractivity contribution in [3.05, 3.63) is 167 Å². The van der Waals surface area contributed by atoms with Gasteiger partial charge in [0.15, 0.2) is 0 Å². The number of aromatic amines is 1. The number of nitrogens with zero attached hydrogens (tertiary/aromatic N) is 3. The van der Waals surface area contributed by atoms with Gasteiger partial charge in [0.1, 0.15) is 16.5 Å². The van der Waals surface area contributed by atoms with E-state index in [0.29, 0.717) is 12.1 Å². The molecule has 0 bridgehead atoms. The maximum Gasteiger partial charge on any atom is 0.417 e. The number of benzene rings is 2. The van der Waals surface area contributed by atoms with Crippen molar-refractivity contribution < 1.29 is 62.7 Å². The summed E-state index contributed by atoms with van der Waals surface area (Å²) in [4.78, 5) is 57.6. The lowest BCUT2D eigenvalue weighted by Crippen LogP contribution is -2.18. The zero-order chi connectivity index (χ0) is 48.7. The number of carboxylic acid groups (broad SMARTS) is 1. The molecule has 0 spiro atoms. The third-order valence-electron chi connectivity index (χ3n) is 7.76. The first-order chi connectivity index (χ1) is 30.2. The second-order valence-electron chi connectivity index (χ2n) is 12.2. The Morgan fingerprint density at radius 1 is 0.631 bits per heavy atom. The second kappa shape index (κ2) is 21.0. The molecule has 15 nitrogen and oxygen atoms in total. The van der Waals surface area contributed by atoms with Crippen molar-refractivity contribution >= 4 is 107 Å². The Morgan fingerprint density at radius 2 is 1.05 bits per heavy atom. The van der Waals surface area contributed by atoms with E-state index in [4.69, 9.17) is 67.9 Å². The standard InChI is InChI=1S/C18H9Cl3F3N3O3S.C18H10Cl2F3N3O4S.CH2O2/c19-10-6-14(16(26-8-10)17(28)9-3-4-25-15(21)5-9)27-31(29,30)11-1-2-13(20)12(7-11)18(22,23)24;19-10-6-14(16(25-8-10)17(28)9-3-4-24-15(27)5-9)26-31(29,30)11-1-2-13(20)12(7-11)18(21,22)23;2-1-3/h1-8,27H;1-8,26H,(H,24,27);1H,(H,2,3). The molecule has 0 atom stereocenters. The van der Waals surface area contributed by atoms with Crippen LogP contribution in [0.15, 0.2) is 112 Å². The highest BCUT2D eigenvalue weighted by Crippen LogP contribution is 2.38. The summed E-state index contributed by atoms with van der Waals surface area (Å²) in [5.74, 6) is -1.53. The molecule has 0 fully saturated rings. The van der Waals surface area contributed by atoms with Crippen LogP contribution >= 0.6 is 58.0 Å². The Hall–Kier alpha value is -5.82. The first-order valence-electron chi connectivity index (χ1n) is 16.8. The van der Waals surface area contributed by atoms with Gasteiger partial charge in [-0.15, -0.1) is 0 Å². The van der Waals surface area contributed by atoms with Crippen LogP contribution < -0.4 is 15.0 Å². The third kappa shape index (κ3) is 13.6. The molecule has 0 radical (unpaired) electrons. The number of H-pyrrole nitrogens is 1. The molecule has 6 rings (SSSR count). The lowest BCUT2D eigenvalue weighted by molar-refractivity contribution is -0.138. The molecule has 0 amide bonds. The van der Waals surface area contributed by atoms with E-state index in [2.05, 4.69) is 24.7 Å². The van der Waals surface area contributed by atoms with Crippen molar-refractivity contribution in [2.24, 2.45) is 0 Å². The van der Waals surface area contributed by atoms with Crippen LogP contribution in [0.4, 0.5) is 37.7 Å². The number of ketones is 2. The molecule has 4 N–H and O–H groups in total. The molecular formula is C37H21Cl5F6N6O9S2. The summed E-state index contributed by atoms with van der Waals surface area (Å²) in [5, 5.41) is 5.49. The normalized spacial score (nSPS) is 11.6. The van der Waals surface area contributed by atoms with Crippen LogP contribution in [0.2, 0.25) is 25.2 Å². The molecule has 342 valence electrons. The predicted octanol–water partition coefficient (Wildman–Crippen LogP) is 9.32. The van der Waals surface area contributed by atoms with E-state index in [1.807, 2.05) is 4.72 Å². The van der Waals surface area contributed by atoms with Gasteiger partial charge in [-0.25, -0.2) is 31.8 Å². The summed E-state index contributed by atoms with van der Waals surface area (Å²) in [7, 11) is -9.18. The van der Waals surface area contributed by atoms with Gasteiger partial charge in [-0.3, -0.25) is 28.6 Å². The lowest BCUT2D eigenvalue weighted by atomic mass is 10.1. The smallest absolute Gasteiger partial charge is 0.417 e. The molecule has 0 saturated heterocycles. The van der Waals surface area contributed by atoms with Crippen LogP contribution in [0.3, 0.4) is 0 Å². The average Bonchev–Trinajstić information content (AvgIpc) is 3.20. The van der Waals surface area contributed by atoms with Crippen LogP contribution in [0.5, 0.6) is 0 Å². The topological polar surface area (TPSA) is 235 Å². The van der Waals surface area contributed by atoms with Gasteiger partial charge in [-0.2, -0.15) is 26.3 Å². The number of hydrogen-bond donors (Lipinski definition) is 4.